The van der Waals surface area contributed by atoms with Gasteiger partial charge < -0.3 is 10.6 Å². The third-order valence-electron chi connectivity index (χ3n) is 3.74. The van der Waals surface area contributed by atoms with E-state index in [1.54, 1.807) is 12.1 Å². The van der Waals surface area contributed by atoms with Gasteiger partial charge in [-0.2, -0.15) is 10.1 Å². The summed E-state index contributed by atoms with van der Waals surface area (Å²) in [7, 11) is 0. The Morgan fingerprint density at radius 3 is 2.92 bits per heavy atom. The molecular weight excluding hydrogens is 375 g/mol. The van der Waals surface area contributed by atoms with Crippen molar-refractivity contribution >= 4 is 50.7 Å². The molecule has 0 saturated carbocycles. The predicted molar refractivity (Wildman–Crippen MR) is 103 cm³/mol. The number of fused-ring (bicyclic) bond motifs is 1. The summed E-state index contributed by atoms with van der Waals surface area (Å²) in [5.74, 6) is 1.31. The fourth-order valence-electron chi connectivity index (χ4n) is 2.50. The lowest BCUT2D eigenvalue weighted by Crippen LogP contribution is -2.07. The van der Waals surface area contributed by atoms with Gasteiger partial charge in [-0.3, -0.25) is 5.10 Å². The number of aryl methyl sites for hydroxylation is 1. The van der Waals surface area contributed by atoms with E-state index in [9.17, 15) is 4.39 Å². The summed E-state index contributed by atoms with van der Waals surface area (Å²) in [6.07, 6.45) is 0. The van der Waals surface area contributed by atoms with E-state index in [4.69, 9.17) is 11.6 Å². The maximum atomic E-state index is 13.9. The molecule has 132 valence electrons. The average Bonchev–Trinajstić information content (AvgIpc) is 3.23. The predicted octanol–water partition coefficient (Wildman–Crippen LogP) is 4.87. The summed E-state index contributed by atoms with van der Waals surface area (Å²) >= 11 is 7.60. The first kappa shape index (κ1) is 16.7. The summed E-state index contributed by atoms with van der Waals surface area (Å²) in [5, 5.41) is 15.6. The summed E-state index contributed by atoms with van der Waals surface area (Å²) in [4.78, 5) is 8.98. The molecule has 0 amide bonds. The minimum absolute atomic E-state index is 0.183. The van der Waals surface area contributed by atoms with Crippen molar-refractivity contribution in [3.8, 4) is 0 Å². The molecule has 4 aromatic rings. The fraction of sp³-hybridized carbons (Fsp3) is 0.118. The van der Waals surface area contributed by atoms with Gasteiger partial charge in [-0.1, -0.05) is 17.7 Å². The van der Waals surface area contributed by atoms with E-state index >= 15 is 0 Å². The monoisotopic (exact) mass is 388 g/mol. The smallest absolute Gasteiger partial charge is 0.225 e. The third-order valence-corrected chi connectivity index (χ3v) is 5.01. The lowest BCUT2D eigenvalue weighted by Gasteiger charge is -2.10. The number of rotatable bonds is 5. The molecule has 9 heteroatoms. The number of aromatic nitrogens is 4. The number of aromatic amines is 1. The second-order valence-corrected chi connectivity index (χ2v) is 6.97. The highest BCUT2D eigenvalue weighted by atomic mass is 35.5. The van der Waals surface area contributed by atoms with Gasteiger partial charge in [0.2, 0.25) is 5.95 Å². The number of nitrogens with zero attached hydrogens (tertiary/aromatic N) is 3. The summed E-state index contributed by atoms with van der Waals surface area (Å²) < 4.78 is 14.9. The lowest BCUT2D eigenvalue weighted by atomic mass is 10.2. The molecule has 0 saturated heterocycles. The number of thiophene rings is 1. The molecular formula is C17H14ClFN6S. The Labute approximate surface area is 157 Å². The number of benzene rings is 1. The highest BCUT2D eigenvalue weighted by Crippen LogP contribution is 2.29. The first-order valence-corrected chi connectivity index (χ1v) is 9.07. The molecule has 0 aliphatic carbocycles. The zero-order chi connectivity index (χ0) is 18.1. The van der Waals surface area contributed by atoms with Crippen LogP contribution in [0.15, 0.2) is 35.7 Å². The van der Waals surface area contributed by atoms with Crippen LogP contribution in [0.4, 0.5) is 22.0 Å². The Kier molecular flexibility index (Phi) is 4.44. The van der Waals surface area contributed by atoms with Crippen molar-refractivity contribution in [3.05, 3.63) is 57.8 Å². The van der Waals surface area contributed by atoms with Crippen LogP contribution in [0, 0.1) is 12.7 Å². The second-order valence-electron chi connectivity index (χ2n) is 5.65. The van der Waals surface area contributed by atoms with Crippen LogP contribution in [0.25, 0.3) is 10.2 Å². The van der Waals surface area contributed by atoms with Crippen molar-refractivity contribution in [2.24, 2.45) is 0 Å². The zero-order valence-electron chi connectivity index (χ0n) is 13.7. The number of hydrogen-bond acceptors (Lipinski definition) is 6. The molecule has 0 aliphatic heterocycles. The van der Waals surface area contributed by atoms with Gasteiger partial charge in [-0.25, -0.2) is 9.37 Å². The van der Waals surface area contributed by atoms with Crippen molar-refractivity contribution in [1.29, 1.82) is 0 Å². The molecule has 0 atom stereocenters. The molecule has 3 N–H and O–H groups in total. The van der Waals surface area contributed by atoms with E-state index in [0.29, 0.717) is 28.2 Å². The molecule has 0 spiro atoms. The Balaban J connectivity index is 1.63. The topological polar surface area (TPSA) is 78.5 Å². The summed E-state index contributed by atoms with van der Waals surface area (Å²) in [6.45, 7) is 2.10. The van der Waals surface area contributed by atoms with Crippen molar-refractivity contribution in [2.45, 2.75) is 13.5 Å². The highest BCUT2D eigenvalue weighted by molar-refractivity contribution is 7.17. The molecule has 3 aromatic heterocycles. The van der Waals surface area contributed by atoms with Crippen molar-refractivity contribution in [3.63, 3.8) is 0 Å². The third kappa shape index (κ3) is 3.33. The van der Waals surface area contributed by atoms with Crippen molar-refractivity contribution in [2.75, 3.05) is 10.6 Å². The number of hydrogen-bond donors (Lipinski definition) is 3. The van der Waals surface area contributed by atoms with Gasteiger partial charge in [0.25, 0.3) is 0 Å². The van der Waals surface area contributed by atoms with Crippen molar-refractivity contribution in [1.82, 2.24) is 20.2 Å². The molecule has 26 heavy (non-hydrogen) atoms. The number of halogens is 2. The van der Waals surface area contributed by atoms with Crippen LogP contribution in [0.2, 0.25) is 5.02 Å². The van der Waals surface area contributed by atoms with Crippen LogP contribution in [-0.2, 0) is 6.54 Å². The largest absolute Gasteiger partial charge is 0.350 e. The van der Waals surface area contributed by atoms with E-state index in [0.717, 1.165) is 15.9 Å². The van der Waals surface area contributed by atoms with E-state index in [1.165, 1.54) is 17.4 Å². The van der Waals surface area contributed by atoms with Gasteiger partial charge in [-0.15, -0.1) is 11.3 Å². The lowest BCUT2D eigenvalue weighted by molar-refractivity contribution is 0.613. The molecule has 0 bridgehead atoms. The maximum Gasteiger partial charge on any atom is 0.225 e. The highest BCUT2D eigenvalue weighted by Gasteiger charge is 2.12. The van der Waals surface area contributed by atoms with Crippen LogP contribution in [0.3, 0.4) is 0 Å². The van der Waals surface area contributed by atoms with E-state index < -0.39 is 0 Å². The molecule has 6 nitrogen and oxygen atoms in total. The average molecular weight is 389 g/mol. The van der Waals surface area contributed by atoms with Gasteiger partial charge in [0.05, 0.1) is 10.2 Å². The van der Waals surface area contributed by atoms with Crippen molar-refractivity contribution < 1.29 is 4.39 Å². The van der Waals surface area contributed by atoms with Crippen LogP contribution < -0.4 is 10.6 Å². The van der Waals surface area contributed by atoms with Crippen LogP contribution in [0.5, 0.6) is 0 Å². The van der Waals surface area contributed by atoms with Crippen LogP contribution >= 0.6 is 22.9 Å². The number of anilines is 3. The number of nitrogens with one attached hydrogen (secondary N) is 3. The maximum absolute atomic E-state index is 13.9. The van der Waals surface area contributed by atoms with Gasteiger partial charge >= 0.3 is 0 Å². The van der Waals surface area contributed by atoms with Gasteiger partial charge in [0.15, 0.2) is 11.6 Å². The van der Waals surface area contributed by atoms with Gasteiger partial charge in [0, 0.05) is 28.9 Å². The minimum atomic E-state index is -0.369. The standard InChI is InChI=1S/C17H14ClFN6S/c1-9-7-14(25-24-9)22-16-15-13(5-6-26-15)21-17(23-16)20-8-10-11(18)3-2-4-12(10)19/h2-7H,8H2,1H3,(H3,20,21,22,23,24,25). The molecule has 3 heterocycles. The molecule has 0 unspecified atom stereocenters. The molecule has 0 fully saturated rings. The van der Waals surface area contributed by atoms with Crippen LogP contribution in [-0.4, -0.2) is 20.2 Å². The van der Waals surface area contributed by atoms with Gasteiger partial charge in [-0.05, 0) is 30.5 Å². The van der Waals surface area contributed by atoms with E-state index in [2.05, 4.69) is 30.8 Å². The minimum Gasteiger partial charge on any atom is -0.350 e. The Bertz CT molecular complexity index is 1060. The summed E-state index contributed by atoms with van der Waals surface area (Å²) in [5.41, 5.74) is 2.11. The van der Waals surface area contributed by atoms with Crippen LogP contribution in [0.1, 0.15) is 11.3 Å². The molecule has 0 radical (unpaired) electrons. The Hall–Kier alpha value is -2.71. The second kappa shape index (κ2) is 6.89. The quantitative estimate of drug-likeness (QED) is 0.454. The summed E-state index contributed by atoms with van der Waals surface area (Å²) in [6, 6.07) is 8.39. The van der Waals surface area contributed by atoms with E-state index in [-0.39, 0.29) is 12.4 Å². The molecule has 0 aliphatic rings. The first-order chi connectivity index (χ1) is 12.6. The van der Waals surface area contributed by atoms with E-state index in [1.807, 2.05) is 24.4 Å². The first-order valence-electron chi connectivity index (χ1n) is 7.81. The number of H-pyrrole nitrogens is 1. The van der Waals surface area contributed by atoms with Gasteiger partial charge in [0.1, 0.15) is 5.82 Å². The normalized spacial score (nSPS) is 11.0. The molecule has 4 rings (SSSR count). The Morgan fingerprint density at radius 2 is 2.15 bits per heavy atom. The SMILES string of the molecule is Cc1cc(Nc2nc(NCc3c(F)cccc3Cl)nc3ccsc23)n[nH]1. The Morgan fingerprint density at radius 1 is 1.27 bits per heavy atom. The fourth-order valence-corrected chi connectivity index (χ4v) is 3.50. The molecule has 1 aromatic carbocycles. The zero-order valence-corrected chi connectivity index (χ0v) is 15.2.